The van der Waals surface area contributed by atoms with Crippen molar-refractivity contribution < 1.29 is 4.79 Å². The van der Waals surface area contributed by atoms with Gasteiger partial charge in [0.1, 0.15) is 5.82 Å². The first-order chi connectivity index (χ1) is 9.48. The molecule has 1 saturated heterocycles. The van der Waals surface area contributed by atoms with Gasteiger partial charge in [0, 0.05) is 49.1 Å². The van der Waals surface area contributed by atoms with E-state index in [-0.39, 0.29) is 10.8 Å². The van der Waals surface area contributed by atoms with E-state index < -0.39 is 0 Å². The molecule has 1 N–H and O–H groups in total. The molecule has 1 aliphatic rings. The van der Waals surface area contributed by atoms with E-state index in [0.29, 0.717) is 6.54 Å². The summed E-state index contributed by atoms with van der Waals surface area (Å²) in [5, 5.41) is 3.02. The van der Waals surface area contributed by atoms with Crippen molar-refractivity contribution >= 4 is 17.8 Å². The van der Waals surface area contributed by atoms with Crippen molar-refractivity contribution in [1.82, 2.24) is 19.8 Å². The minimum atomic E-state index is 0.0701. The molecule has 1 aromatic rings. The molecule has 2 rings (SSSR count). The molecule has 2 amide bonds. The molecule has 112 valence electrons. The number of nitrogens with one attached hydrogen (secondary N) is 1. The molecule has 5 nitrogen and oxygen atoms in total. The first-order valence-corrected chi connectivity index (χ1v) is 8.11. The van der Waals surface area contributed by atoms with Gasteiger partial charge in [0.15, 0.2) is 0 Å². The smallest absolute Gasteiger partial charge is 0.317 e. The average molecular weight is 296 g/mol. The number of rotatable bonds is 4. The molecule has 0 spiro atoms. The maximum atomic E-state index is 12.1. The van der Waals surface area contributed by atoms with Crippen LogP contribution in [-0.2, 0) is 6.54 Å². The largest absolute Gasteiger partial charge is 0.338 e. The Kier molecular flexibility index (Phi) is 4.96. The van der Waals surface area contributed by atoms with Crippen molar-refractivity contribution in [3.05, 3.63) is 18.2 Å². The highest BCUT2D eigenvalue weighted by Gasteiger charge is 2.29. The van der Waals surface area contributed by atoms with Gasteiger partial charge in [0.25, 0.3) is 0 Å². The Balaban J connectivity index is 1.69. The number of carbonyl (C=O) groups excluding carboxylic acids is 1. The predicted octanol–water partition coefficient (Wildman–Crippen LogP) is 2.12. The van der Waals surface area contributed by atoms with Crippen molar-refractivity contribution in [2.24, 2.45) is 0 Å². The van der Waals surface area contributed by atoms with Crippen LogP contribution >= 0.6 is 11.8 Å². The van der Waals surface area contributed by atoms with E-state index in [9.17, 15) is 4.79 Å². The molecule has 6 heteroatoms. The van der Waals surface area contributed by atoms with Crippen LogP contribution in [-0.4, -0.2) is 50.6 Å². The number of hydrogen-bond acceptors (Lipinski definition) is 3. The van der Waals surface area contributed by atoms with E-state index in [2.05, 4.69) is 28.7 Å². The summed E-state index contributed by atoms with van der Waals surface area (Å²) in [7, 11) is 0. The maximum absolute atomic E-state index is 12.1. The number of thioether (sulfide) groups is 1. The summed E-state index contributed by atoms with van der Waals surface area (Å²) in [6.07, 6.45) is 4.71. The van der Waals surface area contributed by atoms with Crippen LogP contribution in [0, 0.1) is 6.92 Å². The Morgan fingerprint density at radius 3 is 3.00 bits per heavy atom. The molecule has 0 saturated carbocycles. The Hall–Kier alpha value is -1.17. The molecule has 1 aromatic heterocycles. The van der Waals surface area contributed by atoms with Crippen molar-refractivity contribution in [2.75, 3.05) is 25.4 Å². The van der Waals surface area contributed by atoms with Gasteiger partial charge < -0.3 is 14.8 Å². The van der Waals surface area contributed by atoms with Crippen molar-refractivity contribution in [2.45, 2.75) is 38.5 Å². The molecule has 0 radical (unpaired) electrons. The standard InChI is InChI=1S/C14H24N4OS/c1-12-15-6-8-17(12)7-4-5-16-13(19)18-9-10-20-14(2,3)11-18/h6,8H,4-5,7,9-11H2,1-3H3,(H,16,19). The van der Waals surface area contributed by atoms with Crippen LogP contribution in [0.25, 0.3) is 0 Å². The second kappa shape index (κ2) is 6.52. The Bertz CT molecular complexity index is 458. The van der Waals surface area contributed by atoms with Gasteiger partial charge in [0.2, 0.25) is 0 Å². The van der Waals surface area contributed by atoms with Crippen LogP contribution in [0.2, 0.25) is 0 Å². The predicted molar refractivity (Wildman–Crippen MR) is 83.1 cm³/mol. The third kappa shape index (κ3) is 4.16. The van der Waals surface area contributed by atoms with Gasteiger partial charge in [-0.3, -0.25) is 0 Å². The van der Waals surface area contributed by atoms with Crippen molar-refractivity contribution in [3.63, 3.8) is 0 Å². The van der Waals surface area contributed by atoms with Crippen LogP contribution in [0.3, 0.4) is 0 Å². The molecular weight excluding hydrogens is 272 g/mol. The SMILES string of the molecule is Cc1nccn1CCCNC(=O)N1CCSC(C)(C)C1. The van der Waals surface area contributed by atoms with Gasteiger partial charge in [-0.05, 0) is 27.2 Å². The summed E-state index contributed by atoms with van der Waals surface area (Å²) in [5.41, 5.74) is 0. The van der Waals surface area contributed by atoms with E-state index in [1.807, 2.05) is 29.8 Å². The quantitative estimate of drug-likeness (QED) is 0.866. The summed E-state index contributed by atoms with van der Waals surface area (Å²) in [6, 6.07) is 0.0701. The monoisotopic (exact) mass is 296 g/mol. The van der Waals surface area contributed by atoms with Crippen LogP contribution in [0.1, 0.15) is 26.1 Å². The van der Waals surface area contributed by atoms with Gasteiger partial charge in [-0.2, -0.15) is 11.8 Å². The van der Waals surface area contributed by atoms with Crippen LogP contribution in [0.5, 0.6) is 0 Å². The van der Waals surface area contributed by atoms with E-state index in [4.69, 9.17) is 0 Å². The topological polar surface area (TPSA) is 50.2 Å². The Morgan fingerprint density at radius 1 is 1.55 bits per heavy atom. The summed E-state index contributed by atoms with van der Waals surface area (Å²) in [4.78, 5) is 18.2. The number of amides is 2. The van der Waals surface area contributed by atoms with E-state index in [1.165, 1.54) is 0 Å². The normalized spacial score (nSPS) is 18.1. The zero-order valence-corrected chi connectivity index (χ0v) is 13.4. The van der Waals surface area contributed by atoms with Crippen LogP contribution in [0.4, 0.5) is 4.79 Å². The Labute approximate surface area is 125 Å². The van der Waals surface area contributed by atoms with E-state index in [0.717, 1.165) is 37.6 Å². The molecule has 20 heavy (non-hydrogen) atoms. The minimum absolute atomic E-state index is 0.0701. The number of imidazole rings is 1. The minimum Gasteiger partial charge on any atom is -0.338 e. The third-order valence-electron chi connectivity index (χ3n) is 3.49. The molecule has 1 fully saturated rings. The van der Waals surface area contributed by atoms with Gasteiger partial charge in [-0.1, -0.05) is 0 Å². The first kappa shape index (κ1) is 15.2. The van der Waals surface area contributed by atoms with Crippen LogP contribution in [0.15, 0.2) is 12.4 Å². The number of carbonyl (C=O) groups is 1. The Morgan fingerprint density at radius 2 is 2.35 bits per heavy atom. The molecule has 1 aliphatic heterocycles. The van der Waals surface area contributed by atoms with Crippen molar-refractivity contribution in [3.8, 4) is 0 Å². The first-order valence-electron chi connectivity index (χ1n) is 7.12. The zero-order valence-electron chi connectivity index (χ0n) is 12.6. The summed E-state index contributed by atoms with van der Waals surface area (Å²) in [6.45, 7) is 9.66. The van der Waals surface area contributed by atoms with Gasteiger partial charge in [-0.25, -0.2) is 9.78 Å². The summed E-state index contributed by atoms with van der Waals surface area (Å²) in [5.74, 6) is 2.04. The van der Waals surface area contributed by atoms with Gasteiger partial charge in [-0.15, -0.1) is 0 Å². The zero-order chi connectivity index (χ0) is 14.6. The second-order valence-electron chi connectivity index (χ2n) is 5.78. The fourth-order valence-electron chi connectivity index (χ4n) is 2.39. The maximum Gasteiger partial charge on any atom is 0.317 e. The number of hydrogen-bond donors (Lipinski definition) is 1. The number of urea groups is 1. The lowest BCUT2D eigenvalue weighted by atomic mass is 10.2. The summed E-state index contributed by atoms with van der Waals surface area (Å²) >= 11 is 1.94. The highest BCUT2D eigenvalue weighted by Crippen LogP contribution is 2.29. The highest BCUT2D eigenvalue weighted by molar-refractivity contribution is 8.00. The molecular formula is C14H24N4OS. The third-order valence-corrected chi connectivity index (χ3v) is 4.79. The molecule has 2 heterocycles. The van der Waals surface area contributed by atoms with E-state index in [1.54, 1.807) is 6.20 Å². The molecule has 0 aliphatic carbocycles. The lowest BCUT2D eigenvalue weighted by Crippen LogP contribution is -2.50. The van der Waals surface area contributed by atoms with Crippen LogP contribution < -0.4 is 5.32 Å². The fourth-order valence-corrected chi connectivity index (χ4v) is 3.50. The highest BCUT2D eigenvalue weighted by atomic mass is 32.2. The molecule has 0 aromatic carbocycles. The molecule has 0 bridgehead atoms. The van der Waals surface area contributed by atoms with Gasteiger partial charge in [0.05, 0.1) is 0 Å². The van der Waals surface area contributed by atoms with Gasteiger partial charge >= 0.3 is 6.03 Å². The number of aryl methyl sites for hydroxylation is 2. The lowest BCUT2D eigenvalue weighted by Gasteiger charge is -2.37. The summed E-state index contributed by atoms with van der Waals surface area (Å²) < 4.78 is 2.27. The van der Waals surface area contributed by atoms with Crippen molar-refractivity contribution in [1.29, 1.82) is 0 Å². The second-order valence-corrected chi connectivity index (χ2v) is 7.59. The average Bonchev–Trinajstić information content (AvgIpc) is 2.79. The molecule has 0 unspecified atom stereocenters. The lowest BCUT2D eigenvalue weighted by molar-refractivity contribution is 0.194. The number of aromatic nitrogens is 2. The van der Waals surface area contributed by atoms with E-state index >= 15 is 0 Å². The number of nitrogens with zero attached hydrogens (tertiary/aromatic N) is 3. The molecule has 0 atom stereocenters. The fraction of sp³-hybridized carbons (Fsp3) is 0.714.